The van der Waals surface area contributed by atoms with Crippen LogP contribution in [0, 0.1) is 0 Å². The predicted molar refractivity (Wildman–Crippen MR) is 157 cm³/mol. The van der Waals surface area contributed by atoms with Crippen LogP contribution in [0.3, 0.4) is 0 Å². The molecule has 8 nitrogen and oxygen atoms in total. The van der Waals surface area contributed by atoms with Gasteiger partial charge in [0.05, 0.1) is 6.61 Å². The summed E-state index contributed by atoms with van der Waals surface area (Å²) in [6, 6.07) is 21.4. The molecule has 0 spiro atoms. The molecule has 0 aliphatic rings. The van der Waals surface area contributed by atoms with Crippen LogP contribution in [0.5, 0.6) is 5.75 Å². The van der Waals surface area contributed by atoms with E-state index in [1.54, 1.807) is 6.20 Å². The number of ether oxygens (including phenoxy) is 1. The van der Waals surface area contributed by atoms with Gasteiger partial charge in [0.1, 0.15) is 12.0 Å². The molecule has 1 amide bonds. The van der Waals surface area contributed by atoms with Gasteiger partial charge in [0.2, 0.25) is 5.89 Å². The number of nitrogens with one attached hydrogen (secondary N) is 1. The van der Waals surface area contributed by atoms with Crippen molar-refractivity contribution in [3.05, 3.63) is 108 Å². The number of benzene rings is 2. The number of hydrogen-bond donors (Lipinski definition) is 2. The van der Waals surface area contributed by atoms with E-state index in [-0.39, 0.29) is 18.0 Å². The molecular formula is C33H35N3O5. The number of allylic oxidation sites excluding steroid dienone is 1. The number of aromatic nitrogens is 2. The predicted octanol–water partition coefficient (Wildman–Crippen LogP) is 6.79. The van der Waals surface area contributed by atoms with Crippen LogP contribution in [0.15, 0.2) is 95.9 Å². The number of carbonyl (C=O) groups is 2. The molecule has 0 aliphatic heterocycles. The molecule has 4 aromatic rings. The molecule has 0 saturated heterocycles. The summed E-state index contributed by atoms with van der Waals surface area (Å²) in [5, 5.41) is 11.8. The molecule has 0 fully saturated rings. The number of pyridine rings is 1. The van der Waals surface area contributed by atoms with Crippen LogP contribution >= 0.6 is 0 Å². The number of carboxylic acid groups (broad SMARTS) is 1. The first kappa shape index (κ1) is 29.3. The number of unbranched alkanes of at least 4 members (excludes halogenated alkanes) is 4. The number of nitrogens with zero attached hydrogens (tertiary/aromatic N) is 2. The molecule has 0 radical (unpaired) electrons. The van der Waals surface area contributed by atoms with E-state index >= 15 is 0 Å². The van der Waals surface area contributed by atoms with Gasteiger partial charge in [-0.25, -0.2) is 4.98 Å². The van der Waals surface area contributed by atoms with Crippen molar-refractivity contribution in [2.24, 2.45) is 0 Å². The zero-order valence-corrected chi connectivity index (χ0v) is 23.0. The fourth-order valence-electron chi connectivity index (χ4n) is 4.30. The number of oxazole rings is 1. The van der Waals surface area contributed by atoms with Crippen molar-refractivity contribution in [3.63, 3.8) is 0 Å². The number of aliphatic carboxylic acids is 1. The van der Waals surface area contributed by atoms with Crippen LogP contribution in [0.2, 0.25) is 0 Å². The molecule has 41 heavy (non-hydrogen) atoms. The molecule has 0 aliphatic carbocycles. The van der Waals surface area contributed by atoms with Crippen molar-refractivity contribution in [1.82, 2.24) is 15.3 Å². The van der Waals surface area contributed by atoms with Gasteiger partial charge in [-0.3, -0.25) is 14.6 Å². The van der Waals surface area contributed by atoms with Crippen molar-refractivity contribution < 1.29 is 23.8 Å². The first-order valence-corrected chi connectivity index (χ1v) is 13.9. The highest BCUT2D eigenvalue weighted by Gasteiger charge is 2.14. The number of para-hydroxylation sites is 1. The van der Waals surface area contributed by atoms with Gasteiger partial charge in [-0.2, -0.15) is 0 Å². The van der Waals surface area contributed by atoms with E-state index in [9.17, 15) is 9.59 Å². The molecule has 2 N–H and O–H groups in total. The van der Waals surface area contributed by atoms with Gasteiger partial charge in [-0.15, -0.1) is 0 Å². The average Bonchev–Trinajstić information content (AvgIpc) is 3.50. The molecular weight excluding hydrogens is 518 g/mol. The van der Waals surface area contributed by atoms with E-state index in [0.29, 0.717) is 25.5 Å². The summed E-state index contributed by atoms with van der Waals surface area (Å²) in [6.45, 7) is 1.20. The molecule has 0 atom stereocenters. The summed E-state index contributed by atoms with van der Waals surface area (Å²) < 4.78 is 11.3. The Balaban J connectivity index is 1.27. The largest absolute Gasteiger partial charge is 0.494 e. The number of carboxylic acids is 1. The van der Waals surface area contributed by atoms with E-state index in [2.05, 4.69) is 21.4 Å². The fraction of sp³-hybridized carbons (Fsp3) is 0.273. The summed E-state index contributed by atoms with van der Waals surface area (Å²) in [7, 11) is 0. The fourth-order valence-corrected chi connectivity index (χ4v) is 4.30. The Kier molecular flexibility index (Phi) is 11.3. The minimum atomic E-state index is -0.773. The first-order chi connectivity index (χ1) is 20.1. The van der Waals surface area contributed by atoms with Crippen molar-refractivity contribution in [2.45, 2.75) is 44.9 Å². The zero-order valence-electron chi connectivity index (χ0n) is 23.0. The Hall–Kier alpha value is -4.72. The molecule has 212 valence electrons. The lowest BCUT2D eigenvalue weighted by Gasteiger charge is -2.09. The normalized spacial score (nSPS) is 11.3. The van der Waals surface area contributed by atoms with Crippen LogP contribution in [-0.2, 0) is 4.79 Å². The molecule has 2 aromatic carbocycles. The van der Waals surface area contributed by atoms with Gasteiger partial charge in [0.15, 0.2) is 5.69 Å². The Morgan fingerprint density at radius 2 is 1.73 bits per heavy atom. The Bertz CT molecular complexity index is 1400. The van der Waals surface area contributed by atoms with Crippen LogP contribution in [0.1, 0.15) is 66.6 Å². The van der Waals surface area contributed by atoms with Crippen molar-refractivity contribution >= 4 is 17.4 Å². The molecule has 8 heteroatoms. The van der Waals surface area contributed by atoms with Crippen molar-refractivity contribution in [3.8, 4) is 17.2 Å². The minimum absolute atomic E-state index is 0.172. The monoisotopic (exact) mass is 553 g/mol. The number of carbonyl (C=O) groups excluding carboxylic acids is 1. The van der Waals surface area contributed by atoms with Crippen LogP contribution in [-0.4, -0.2) is 40.1 Å². The minimum Gasteiger partial charge on any atom is -0.494 e. The molecule has 0 unspecified atom stereocenters. The Morgan fingerprint density at radius 3 is 2.49 bits per heavy atom. The van der Waals surface area contributed by atoms with Gasteiger partial charge in [-0.1, -0.05) is 42.5 Å². The van der Waals surface area contributed by atoms with E-state index in [0.717, 1.165) is 60.1 Å². The van der Waals surface area contributed by atoms with Gasteiger partial charge in [-0.05, 0) is 80.0 Å². The Labute approximate surface area is 240 Å². The summed E-state index contributed by atoms with van der Waals surface area (Å²) in [5.41, 5.74) is 4.02. The maximum absolute atomic E-state index is 12.5. The summed E-state index contributed by atoms with van der Waals surface area (Å²) in [6.07, 6.45) is 12.1. The second-order valence-corrected chi connectivity index (χ2v) is 9.59. The highest BCUT2D eigenvalue weighted by Crippen LogP contribution is 2.27. The average molecular weight is 554 g/mol. The third-order valence-corrected chi connectivity index (χ3v) is 6.46. The van der Waals surface area contributed by atoms with E-state index < -0.39 is 5.97 Å². The third kappa shape index (κ3) is 9.46. The first-order valence-electron chi connectivity index (χ1n) is 13.9. The molecule has 2 heterocycles. The lowest BCUT2D eigenvalue weighted by atomic mass is 9.96. The van der Waals surface area contributed by atoms with Gasteiger partial charge in [0, 0.05) is 36.5 Å². The maximum Gasteiger partial charge on any atom is 0.303 e. The highest BCUT2D eigenvalue weighted by atomic mass is 16.5. The second-order valence-electron chi connectivity index (χ2n) is 9.59. The Morgan fingerprint density at radius 1 is 0.902 bits per heavy atom. The summed E-state index contributed by atoms with van der Waals surface area (Å²) in [5.74, 6) is 0.208. The summed E-state index contributed by atoms with van der Waals surface area (Å²) in [4.78, 5) is 32.0. The van der Waals surface area contributed by atoms with E-state index in [1.165, 1.54) is 6.26 Å². The lowest BCUT2D eigenvalue weighted by molar-refractivity contribution is -0.137. The molecule has 0 bridgehead atoms. The van der Waals surface area contributed by atoms with E-state index in [1.807, 2.05) is 72.9 Å². The second kappa shape index (κ2) is 15.8. The standard InChI is InChI=1S/C33H35N3O5/c37-31(38)15-7-2-6-14-29(27-11-10-20-34-23-27)25-16-18-26(19-17-25)33-36-30(24-41-33)32(39)35-21-8-3-9-22-40-28-12-4-1-5-13-28/h1,4-5,10-14,16-20,23-24H,2-3,6-9,15,21-22H2,(H,35,39)(H,37,38)/b29-14+. The van der Waals surface area contributed by atoms with E-state index in [4.69, 9.17) is 14.3 Å². The number of amides is 1. The van der Waals surface area contributed by atoms with Gasteiger partial charge in [0.25, 0.3) is 5.91 Å². The topological polar surface area (TPSA) is 115 Å². The third-order valence-electron chi connectivity index (χ3n) is 6.46. The lowest BCUT2D eigenvalue weighted by Crippen LogP contribution is -2.24. The quantitative estimate of drug-likeness (QED) is 0.147. The van der Waals surface area contributed by atoms with Crippen LogP contribution in [0.25, 0.3) is 17.0 Å². The highest BCUT2D eigenvalue weighted by molar-refractivity contribution is 5.92. The smallest absolute Gasteiger partial charge is 0.303 e. The van der Waals surface area contributed by atoms with Crippen molar-refractivity contribution in [2.75, 3.05) is 13.2 Å². The number of rotatable bonds is 16. The van der Waals surface area contributed by atoms with Crippen molar-refractivity contribution in [1.29, 1.82) is 0 Å². The summed E-state index contributed by atoms with van der Waals surface area (Å²) >= 11 is 0. The SMILES string of the molecule is O=C(O)CCCC/C=C(\c1ccc(-c2nc(C(=O)NCCCCCOc3ccccc3)co2)cc1)c1cccnc1. The van der Waals surface area contributed by atoms with Gasteiger partial charge >= 0.3 is 5.97 Å². The van der Waals surface area contributed by atoms with Crippen LogP contribution < -0.4 is 10.1 Å². The molecule has 0 saturated carbocycles. The molecule has 2 aromatic heterocycles. The van der Waals surface area contributed by atoms with Gasteiger partial charge < -0.3 is 19.6 Å². The van der Waals surface area contributed by atoms with Crippen LogP contribution in [0.4, 0.5) is 0 Å². The molecule has 4 rings (SSSR count). The number of hydrogen-bond acceptors (Lipinski definition) is 6. The zero-order chi connectivity index (χ0) is 28.7. The maximum atomic E-state index is 12.5.